The quantitative estimate of drug-likeness (QED) is 0.383. The number of hydrogen-bond acceptors (Lipinski definition) is 7. The maximum absolute atomic E-state index is 11.0. The molecule has 0 aromatic carbocycles. The average molecular weight is 249 g/mol. The topological polar surface area (TPSA) is 153 Å². The van der Waals surface area contributed by atoms with Crippen molar-refractivity contribution in [1.82, 2.24) is 0 Å². The molecule has 1 atom stereocenters. The highest BCUT2D eigenvalue weighted by Gasteiger charge is 2.47. The molecule has 0 spiro atoms. The SMILES string of the molecule is CC(=O)OC(CC(=O)O)(CC(=O)ON)C(=O)O. The maximum atomic E-state index is 11.0. The Hall–Kier alpha value is -2.16. The Kier molecular flexibility index (Phi) is 5.06. The standard InChI is InChI=1S/C8H11NO8/c1-4(10)16-8(7(14)15,2-5(11)12)3-6(13)17-9/h2-3,9H2,1H3,(H,11,12)(H,14,15). The molecule has 0 radical (unpaired) electrons. The van der Waals surface area contributed by atoms with Crippen LogP contribution in [0.5, 0.6) is 0 Å². The highest BCUT2D eigenvalue weighted by atomic mass is 16.7. The molecular weight excluding hydrogens is 238 g/mol. The fraction of sp³-hybridized carbons (Fsp3) is 0.500. The molecule has 0 rings (SSSR count). The van der Waals surface area contributed by atoms with E-state index in [1.54, 1.807) is 0 Å². The molecule has 0 aromatic rings. The molecule has 9 nitrogen and oxygen atoms in total. The normalized spacial score (nSPS) is 13.3. The van der Waals surface area contributed by atoms with E-state index in [1.807, 2.05) is 0 Å². The molecule has 9 heteroatoms. The van der Waals surface area contributed by atoms with Gasteiger partial charge in [0, 0.05) is 6.92 Å². The number of hydrogen-bond donors (Lipinski definition) is 3. The van der Waals surface area contributed by atoms with Gasteiger partial charge in [0.15, 0.2) is 0 Å². The summed E-state index contributed by atoms with van der Waals surface area (Å²) in [7, 11) is 0. The van der Waals surface area contributed by atoms with Crippen molar-refractivity contribution in [3.63, 3.8) is 0 Å². The number of ether oxygens (including phenoxy) is 1. The molecule has 0 aromatic heterocycles. The van der Waals surface area contributed by atoms with E-state index < -0.39 is 42.3 Å². The summed E-state index contributed by atoms with van der Waals surface area (Å²) in [6, 6.07) is 0. The minimum Gasteiger partial charge on any atom is -0.481 e. The van der Waals surface area contributed by atoms with Crippen LogP contribution < -0.4 is 5.90 Å². The average Bonchev–Trinajstić information content (AvgIpc) is 2.14. The monoisotopic (exact) mass is 249 g/mol. The van der Waals surface area contributed by atoms with Crippen LogP contribution in [-0.4, -0.2) is 39.7 Å². The van der Waals surface area contributed by atoms with Crippen molar-refractivity contribution in [2.24, 2.45) is 5.90 Å². The van der Waals surface area contributed by atoms with Gasteiger partial charge < -0.3 is 19.8 Å². The summed E-state index contributed by atoms with van der Waals surface area (Å²) in [6.07, 6.45) is -2.08. The molecule has 0 amide bonds. The van der Waals surface area contributed by atoms with Crippen LogP contribution in [0.1, 0.15) is 19.8 Å². The molecule has 0 bridgehead atoms. The molecule has 1 unspecified atom stereocenters. The van der Waals surface area contributed by atoms with Crippen LogP contribution in [0.4, 0.5) is 0 Å². The Morgan fingerprint density at radius 1 is 1.18 bits per heavy atom. The van der Waals surface area contributed by atoms with Crippen molar-refractivity contribution in [2.75, 3.05) is 0 Å². The van der Waals surface area contributed by atoms with Crippen molar-refractivity contribution >= 4 is 23.9 Å². The van der Waals surface area contributed by atoms with E-state index in [0.29, 0.717) is 0 Å². The highest BCUT2D eigenvalue weighted by molar-refractivity contribution is 5.90. The molecule has 0 heterocycles. The van der Waals surface area contributed by atoms with Crippen LogP contribution in [0.25, 0.3) is 0 Å². The van der Waals surface area contributed by atoms with Gasteiger partial charge in [0.1, 0.15) is 0 Å². The van der Waals surface area contributed by atoms with Gasteiger partial charge in [-0.05, 0) is 0 Å². The first-order chi connectivity index (χ1) is 7.73. The lowest BCUT2D eigenvalue weighted by molar-refractivity contribution is -0.185. The molecule has 0 saturated heterocycles. The summed E-state index contributed by atoms with van der Waals surface area (Å²) < 4.78 is 4.41. The van der Waals surface area contributed by atoms with Crippen LogP contribution >= 0.6 is 0 Å². The van der Waals surface area contributed by atoms with E-state index >= 15 is 0 Å². The summed E-state index contributed by atoms with van der Waals surface area (Å²) in [5.74, 6) is -1.08. The van der Waals surface area contributed by atoms with E-state index in [1.165, 1.54) is 0 Å². The van der Waals surface area contributed by atoms with E-state index in [2.05, 4.69) is 15.5 Å². The summed E-state index contributed by atoms with van der Waals surface area (Å²) in [6.45, 7) is 0.882. The number of carboxylic acid groups (broad SMARTS) is 2. The largest absolute Gasteiger partial charge is 0.481 e. The molecule has 0 saturated carbocycles. The van der Waals surface area contributed by atoms with E-state index in [0.717, 1.165) is 6.92 Å². The Balaban J connectivity index is 5.22. The molecule has 4 N–H and O–H groups in total. The molecule has 0 aliphatic heterocycles. The lowest BCUT2D eigenvalue weighted by atomic mass is 9.95. The van der Waals surface area contributed by atoms with Gasteiger partial charge in [0.05, 0.1) is 12.8 Å². The number of carbonyl (C=O) groups excluding carboxylic acids is 2. The Bertz CT molecular complexity index is 333. The number of esters is 1. The van der Waals surface area contributed by atoms with Crippen LogP contribution in [0.2, 0.25) is 0 Å². The van der Waals surface area contributed by atoms with Gasteiger partial charge in [0.25, 0.3) is 0 Å². The van der Waals surface area contributed by atoms with Gasteiger partial charge in [0.2, 0.25) is 5.60 Å². The highest BCUT2D eigenvalue weighted by Crippen LogP contribution is 2.22. The third-order valence-corrected chi connectivity index (χ3v) is 1.73. The van der Waals surface area contributed by atoms with E-state index in [9.17, 15) is 19.2 Å². The maximum Gasteiger partial charge on any atom is 0.349 e. The molecule has 96 valence electrons. The number of rotatable bonds is 6. The van der Waals surface area contributed by atoms with Gasteiger partial charge in [-0.2, -0.15) is 5.90 Å². The van der Waals surface area contributed by atoms with Crippen molar-refractivity contribution in [3.05, 3.63) is 0 Å². The second-order valence-electron chi connectivity index (χ2n) is 3.13. The zero-order chi connectivity index (χ0) is 13.6. The van der Waals surface area contributed by atoms with E-state index in [4.69, 9.17) is 10.2 Å². The summed E-state index contributed by atoms with van der Waals surface area (Å²) >= 11 is 0. The van der Waals surface area contributed by atoms with Crippen LogP contribution in [0, 0.1) is 0 Å². The van der Waals surface area contributed by atoms with Gasteiger partial charge >= 0.3 is 23.9 Å². The summed E-state index contributed by atoms with van der Waals surface area (Å²) in [5, 5.41) is 17.4. The first-order valence-electron chi connectivity index (χ1n) is 4.28. The molecule has 0 aliphatic carbocycles. The zero-order valence-corrected chi connectivity index (χ0v) is 8.84. The minimum absolute atomic E-state index is 0.882. The first kappa shape index (κ1) is 14.8. The molecular formula is C8H11NO8. The lowest BCUT2D eigenvalue weighted by Gasteiger charge is -2.25. The number of carbonyl (C=O) groups is 4. The summed E-state index contributed by atoms with van der Waals surface area (Å²) in [5.41, 5.74) is -2.52. The second-order valence-corrected chi connectivity index (χ2v) is 3.13. The fourth-order valence-electron chi connectivity index (χ4n) is 1.12. The van der Waals surface area contributed by atoms with Crippen molar-refractivity contribution < 1.29 is 39.0 Å². The third kappa shape index (κ3) is 4.47. The third-order valence-electron chi connectivity index (χ3n) is 1.73. The lowest BCUT2D eigenvalue weighted by Crippen LogP contribution is -2.47. The molecule has 17 heavy (non-hydrogen) atoms. The minimum atomic E-state index is -2.52. The predicted molar refractivity (Wildman–Crippen MR) is 49.3 cm³/mol. The number of aliphatic carboxylic acids is 2. The van der Waals surface area contributed by atoms with Crippen molar-refractivity contribution in [1.29, 1.82) is 0 Å². The van der Waals surface area contributed by atoms with Gasteiger partial charge in [-0.3, -0.25) is 14.4 Å². The zero-order valence-electron chi connectivity index (χ0n) is 8.84. The molecule has 0 fully saturated rings. The van der Waals surface area contributed by atoms with Gasteiger partial charge in [-0.1, -0.05) is 0 Å². The summed E-state index contributed by atoms with van der Waals surface area (Å²) in [4.78, 5) is 46.9. The Morgan fingerprint density at radius 3 is 2.00 bits per heavy atom. The van der Waals surface area contributed by atoms with Gasteiger partial charge in [-0.25, -0.2) is 4.79 Å². The van der Waals surface area contributed by atoms with Crippen LogP contribution in [0.3, 0.4) is 0 Å². The number of carboxylic acids is 2. The second kappa shape index (κ2) is 5.80. The van der Waals surface area contributed by atoms with Crippen molar-refractivity contribution in [3.8, 4) is 0 Å². The van der Waals surface area contributed by atoms with Crippen LogP contribution in [-0.2, 0) is 28.8 Å². The first-order valence-corrected chi connectivity index (χ1v) is 4.28. The fourth-order valence-corrected chi connectivity index (χ4v) is 1.12. The van der Waals surface area contributed by atoms with Gasteiger partial charge in [-0.15, -0.1) is 0 Å². The Morgan fingerprint density at radius 2 is 1.71 bits per heavy atom. The number of nitrogens with two attached hydrogens (primary N) is 1. The smallest absolute Gasteiger partial charge is 0.349 e. The Labute approximate surface area is 95.0 Å². The van der Waals surface area contributed by atoms with Crippen molar-refractivity contribution in [2.45, 2.75) is 25.4 Å². The van der Waals surface area contributed by atoms with E-state index in [-0.39, 0.29) is 0 Å². The van der Waals surface area contributed by atoms with Crippen LogP contribution in [0.15, 0.2) is 0 Å². The predicted octanol–water partition coefficient (Wildman–Crippen LogP) is -1.35. The molecule has 0 aliphatic rings.